The van der Waals surface area contributed by atoms with Crippen molar-refractivity contribution in [3.8, 4) is 17.2 Å². The predicted octanol–water partition coefficient (Wildman–Crippen LogP) is 1.22. The minimum atomic E-state index is -5.32. The van der Waals surface area contributed by atoms with E-state index in [9.17, 15) is 33.0 Å². The van der Waals surface area contributed by atoms with Gasteiger partial charge in [0, 0.05) is 0 Å². The lowest BCUT2D eigenvalue weighted by Crippen LogP contribution is -2.72. The summed E-state index contributed by atoms with van der Waals surface area (Å²) >= 11 is 0. The number of aromatic hydroxyl groups is 1. The molecule has 0 aliphatic carbocycles. The monoisotopic (exact) mass is 378 g/mol. The molecule has 4 N–H and O–H groups in total. The molecular formula is C15H17F3N2O6. The largest absolute Gasteiger partial charge is 0.502 e. The van der Waals surface area contributed by atoms with Gasteiger partial charge in [-0.25, -0.2) is 4.79 Å². The summed E-state index contributed by atoms with van der Waals surface area (Å²) in [6.07, 6.45) is -5.32. The third-order valence-corrected chi connectivity index (χ3v) is 4.11. The maximum absolute atomic E-state index is 13.4. The molecule has 0 spiro atoms. The number of ether oxygens (including phenoxy) is 2. The van der Waals surface area contributed by atoms with Crippen LogP contribution in [0.2, 0.25) is 0 Å². The van der Waals surface area contributed by atoms with Crippen molar-refractivity contribution in [3.63, 3.8) is 0 Å². The molecule has 1 saturated heterocycles. The van der Waals surface area contributed by atoms with Gasteiger partial charge in [0.15, 0.2) is 11.5 Å². The van der Waals surface area contributed by atoms with Crippen LogP contribution < -0.4 is 20.1 Å². The van der Waals surface area contributed by atoms with Gasteiger partial charge in [-0.1, -0.05) is 0 Å². The summed E-state index contributed by atoms with van der Waals surface area (Å²) in [5, 5.41) is 23.6. The molecule has 2 rings (SSSR count). The highest BCUT2D eigenvalue weighted by molar-refractivity contribution is 5.86. The van der Waals surface area contributed by atoms with Gasteiger partial charge in [0.1, 0.15) is 5.78 Å². The Morgan fingerprint density at radius 1 is 1.23 bits per heavy atom. The number of methoxy groups -OCH3 is 2. The van der Waals surface area contributed by atoms with E-state index in [-0.39, 0.29) is 17.1 Å². The number of carbonyl (C=O) groups excluding carboxylic acids is 2. The Kier molecular flexibility index (Phi) is 4.95. The molecule has 11 heteroatoms. The number of aliphatic hydroxyl groups is 1. The van der Waals surface area contributed by atoms with E-state index < -0.39 is 41.4 Å². The first-order chi connectivity index (χ1) is 12.0. The number of alkyl halides is 3. The average molecular weight is 378 g/mol. The summed E-state index contributed by atoms with van der Waals surface area (Å²) in [4.78, 5) is 23.7. The number of amides is 2. The fourth-order valence-electron chi connectivity index (χ4n) is 2.90. The molecule has 0 unspecified atom stereocenters. The highest BCUT2D eigenvalue weighted by Gasteiger charge is 2.65. The van der Waals surface area contributed by atoms with E-state index in [0.29, 0.717) is 0 Å². The number of rotatable bonds is 4. The lowest BCUT2D eigenvalue weighted by molar-refractivity contribution is -0.290. The Morgan fingerprint density at radius 2 is 1.73 bits per heavy atom. The lowest BCUT2D eigenvalue weighted by Gasteiger charge is -2.44. The molecule has 0 bridgehead atoms. The number of phenols is 1. The quantitative estimate of drug-likeness (QED) is 0.626. The lowest BCUT2D eigenvalue weighted by atomic mass is 9.79. The Labute approximate surface area is 145 Å². The topological polar surface area (TPSA) is 117 Å². The standard InChI is InChI=1S/C15H17F3N2O6/c1-6(21)10-11(19-13(23)20-14(10,24)15(16,17)18)7-4-8(25-2)12(22)9(5-7)26-3/h4-5,10-11,22,24H,1-3H3,(H2,19,20,23)/t10-,11-,14+/m0/s1. The number of carbonyl (C=O) groups is 2. The molecule has 1 aliphatic rings. The smallest absolute Gasteiger partial charge is 0.437 e. The van der Waals surface area contributed by atoms with Gasteiger partial charge in [0.05, 0.1) is 26.2 Å². The SMILES string of the molecule is COc1cc([C@@H]2NC(=O)N[C@](O)(C(F)(F)F)[C@H]2C(C)=O)cc(OC)c1O. The van der Waals surface area contributed by atoms with E-state index >= 15 is 0 Å². The van der Waals surface area contributed by atoms with Crippen LogP contribution in [0.25, 0.3) is 0 Å². The maximum Gasteiger partial charge on any atom is 0.437 e. The van der Waals surface area contributed by atoms with Crippen molar-refractivity contribution in [1.29, 1.82) is 0 Å². The van der Waals surface area contributed by atoms with Gasteiger partial charge in [0.25, 0.3) is 0 Å². The zero-order chi connectivity index (χ0) is 19.9. The predicted molar refractivity (Wildman–Crippen MR) is 80.8 cm³/mol. The highest BCUT2D eigenvalue weighted by atomic mass is 19.4. The Hall–Kier alpha value is -2.69. The summed E-state index contributed by atoms with van der Waals surface area (Å²) < 4.78 is 50.1. The Morgan fingerprint density at radius 3 is 2.12 bits per heavy atom. The van der Waals surface area contributed by atoms with E-state index in [0.717, 1.165) is 19.1 Å². The Balaban J connectivity index is 2.66. The highest BCUT2D eigenvalue weighted by Crippen LogP contribution is 2.46. The van der Waals surface area contributed by atoms with Crippen molar-refractivity contribution < 1.29 is 42.4 Å². The molecule has 1 aromatic rings. The van der Waals surface area contributed by atoms with Crippen molar-refractivity contribution in [1.82, 2.24) is 10.6 Å². The van der Waals surface area contributed by atoms with Gasteiger partial charge < -0.3 is 30.3 Å². The Bertz CT molecular complexity index is 714. The molecule has 1 aliphatic heterocycles. The number of hydrogen-bond donors (Lipinski definition) is 4. The summed E-state index contributed by atoms with van der Waals surface area (Å²) in [5.74, 6) is -3.83. The molecule has 3 atom stereocenters. The van der Waals surface area contributed by atoms with Crippen molar-refractivity contribution in [2.75, 3.05) is 14.2 Å². The first kappa shape index (κ1) is 19.6. The third-order valence-electron chi connectivity index (χ3n) is 4.11. The molecule has 2 amide bonds. The summed E-state index contributed by atoms with van der Waals surface area (Å²) in [5.41, 5.74) is -3.81. The van der Waals surface area contributed by atoms with Crippen LogP contribution in [0.3, 0.4) is 0 Å². The number of halogens is 3. The van der Waals surface area contributed by atoms with Crippen LogP contribution in [0, 0.1) is 5.92 Å². The minimum Gasteiger partial charge on any atom is -0.502 e. The van der Waals surface area contributed by atoms with Gasteiger partial charge in [-0.05, 0) is 24.6 Å². The van der Waals surface area contributed by atoms with E-state index in [2.05, 4.69) is 5.32 Å². The molecule has 8 nitrogen and oxygen atoms in total. The van der Waals surface area contributed by atoms with Crippen LogP contribution in [0.1, 0.15) is 18.5 Å². The van der Waals surface area contributed by atoms with Crippen LogP contribution in [-0.2, 0) is 4.79 Å². The molecule has 0 aromatic heterocycles. The van der Waals surface area contributed by atoms with Crippen molar-refractivity contribution in [2.24, 2.45) is 5.92 Å². The van der Waals surface area contributed by atoms with E-state index in [4.69, 9.17) is 9.47 Å². The number of urea groups is 1. The fraction of sp³-hybridized carbons (Fsp3) is 0.467. The number of hydrogen-bond acceptors (Lipinski definition) is 6. The fourth-order valence-corrected chi connectivity index (χ4v) is 2.90. The molecule has 26 heavy (non-hydrogen) atoms. The number of Topliss-reactive ketones (excluding diaryl/α,β-unsaturated/α-hetero) is 1. The van der Waals surface area contributed by atoms with Crippen LogP contribution in [-0.4, -0.2) is 48.1 Å². The van der Waals surface area contributed by atoms with Crippen molar-refractivity contribution in [2.45, 2.75) is 24.9 Å². The molecule has 0 saturated carbocycles. The number of nitrogens with one attached hydrogen (secondary N) is 2. The number of benzene rings is 1. The zero-order valence-electron chi connectivity index (χ0n) is 14.0. The van der Waals surface area contributed by atoms with Crippen molar-refractivity contribution >= 4 is 11.8 Å². The normalized spacial score (nSPS) is 25.9. The first-order valence-electron chi connectivity index (χ1n) is 7.29. The number of ketones is 1. The molecule has 1 aromatic carbocycles. The van der Waals surface area contributed by atoms with Gasteiger partial charge in [0.2, 0.25) is 11.5 Å². The minimum absolute atomic E-state index is 0.0331. The second-order valence-corrected chi connectivity index (χ2v) is 5.70. The van der Waals surface area contributed by atoms with E-state index in [1.165, 1.54) is 19.5 Å². The second-order valence-electron chi connectivity index (χ2n) is 5.70. The third kappa shape index (κ3) is 3.09. The maximum atomic E-state index is 13.4. The summed E-state index contributed by atoms with van der Waals surface area (Å²) in [6, 6.07) is -0.601. The van der Waals surface area contributed by atoms with E-state index in [1.807, 2.05) is 0 Å². The molecular weight excluding hydrogens is 361 g/mol. The summed E-state index contributed by atoms with van der Waals surface area (Å²) in [6.45, 7) is 0.864. The average Bonchev–Trinajstić information content (AvgIpc) is 2.52. The van der Waals surface area contributed by atoms with Gasteiger partial charge in [-0.15, -0.1) is 0 Å². The second kappa shape index (κ2) is 6.56. The summed E-state index contributed by atoms with van der Waals surface area (Å²) in [7, 11) is 2.40. The van der Waals surface area contributed by atoms with Crippen LogP contribution in [0.5, 0.6) is 17.2 Å². The molecule has 144 valence electrons. The van der Waals surface area contributed by atoms with Crippen LogP contribution in [0.4, 0.5) is 18.0 Å². The van der Waals surface area contributed by atoms with E-state index in [1.54, 1.807) is 0 Å². The van der Waals surface area contributed by atoms with Crippen LogP contribution in [0.15, 0.2) is 12.1 Å². The first-order valence-corrected chi connectivity index (χ1v) is 7.29. The van der Waals surface area contributed by atoms with Gasteiger partial charge in [-0.3, -0.25) is 4.79 Å². The molecule has 1 fully saturated rings. The van der Waals surface area contributed by atoms with Gasteiger partial charge >= 0.3 is 12.2 Å². The van der Waals surface area contributed by atoms with Crippen molar-refractivity contribution in [3.05, 3.63) is 17.7 Å². The van der Waals surface area contributed by atoms with Gasteiger partial charge in [-0.2, -0.15) is 13.2 Å². The number of phenolic OH excluding ortho intramolecular Hbond substituents is 1. The molecule has 1 heterocycles. The zero-order valence-corrected chi connectivity index (χ0v) is 14.0. The van der Waals surface area contributed by atoms with Crippen LogP contribution >= 0.6 is 0 Å². The molecule has 0 radical (unpaired) electrons.